The van der Waals surface area contributed by atoms with E-state index in [-0.39, 0.29) is 18.7 Å². The zero-order valence-corrected chi connectivity index (χ0v) is 27.9. The minimum absolute atomic E-state index is 0.0370. The third-order valence-corrected chi connectivity index (χ3v) is 16.6. The molecule has 0 aliphatic heterocycles. The van der Waals surface area contributed by atoms with Crippen molar-refractivity contribution >= 4 is 42.7 Å². The molecule has 0 spiro atoms. The topological polar surface area (TPSA) is 29.1 Å². The van der Waals surface area contributed by atoms with Crippen molar-refractivity contribution in [2.45, 2.75) is 107 Å². The molecule has 0 unspecified atom stereocenters. The first-order valence-electron chi connectivity index (χ1n) is 15.8. The lowest BCUT2D eigenvalue weighted by molar-refractivity contribution is 0.487. The van der Waals surface area contributed by atoms with E-state index >= 15 is 0 Å². The van der Waals surface area contributed by atoms with Crippen molar-refractivity contribution in [1.82, 2.24) is 4.72 Å². The quantitative estimate of drug-likeness (QED) is 0.230. The lowest BCUT2D eigenvalue weighted by atomic mass is 9.99. The summed E-state index contributed by atoms with van der Waals surface area (Å²) in [7, 11) is -2.05. The van der Waals surface area contributed by atoms with Crippen molar-refractivity contribution in [3.05, 3.63) is 90.5 Å². The predicted octanol–water partition coefficient (Wildman–Crippen LogP) is 8.69. The Balaban J connectivity index is 1.59. The van der Waals surface area contributed by atoms with Gasteiger partial charge >= 0.3 is 0 Å². The monoisotopic (exact) mass is 605 g/mol. The fraction of sp³-hybridized carbons (Fsp3) is 0.500. The molecule has 220 valence electrons. The van der Waals surface area contributed by atoms with Gasteiger partial charge in [-0.1, -0.05) is 131 Å². The fourth-order valence-corrected chi connectivity index (χ4v) is 14.1. The number of hydrogen-bond acceptors (Lipinski definition) is 1. The maximum absolute atomic E-state index is 13.8. The van der Waals surface area contributed by atoms with Gasteiger partial charge in [-0.3, -0.25) is 0 Å². The van der Waals surface area contributed by atoms with Crippen LogP contribution in [0.3, 0.4) is 0 Å². The van der Waals surface area contributed by atoms with Gasteiger partial charge in [-0.25, -0.2) is 8.93 Å². The van der Waals surface area contributed by atoms with Gasteiger partial charge in [0.05, 0.1) is 15.7 Å². The van der Waals surface area contributed by atoms with Gasteiger partial charge in [-0.2, -0.15) is 0 Å². The van der Waals surface area contributed by atoms with Gasteiger partial charge in [-0.15, -0.1) is 0 Å². The van der Waals surface area contributed by atoms with E-state index in [9.17, 15) is 4.21 Å². The van der Waals surface area contributed by atoms with Crippen LogP contribution in [0.5, 0.6) is 0 Å². The highest BCUT2D eigenvalue weighted by molar-refractivity contribution is 7.84. The Labute approximate surface area is 254 Å². The summed E-state index contributed by atoms with van der Waals surface area (Å²) in [4.78, 5) is 0. The van der Waals surface area contributed by atoms with Gasteiger partial charge in [0.1, 0.15) is 0 Å². The van der Waals surface area contributed by atoms with Gasteiger partial charge in [-0.05, 0) is 93.3 Å². The summed E-state index contributed by atoms with van der Waals surface area (Å²) >= 11 is 0. The molecular weight excluding hydrogens is 556 g/mol. The van der Waals surface area contributed by atoms with E-state index < -0.39 is 18.9 Å². The Morgan fingerprint density at radius 1 is 0.707 bits per heavy atom. The smallest absolute Gasteiger partial charge is 0.0976 e. The van der Waals surface area contributed by atoms with Crippen LogP contribution in [0.1, 0.15) is 96.6 Å². The van der Waals surface area contributed by atoms with Crippen molar-refractivity contribution in [2.24, 2.45) is 0 Å². The standard InChI is InChI=1S/C36H49NOP2S/c1-36(2,3)41(38)37-34(28-39(29-18-8-4-9-19-29)30-20-10-5-11-21-30)33-26-16-17-27-35(33)40(31-22-12-6-13-23-31)32-24-14-7-15-25-32/h4-5,8-11,16-21,26-27,31-32,34,37H,6-7,12-15,22-25,28H2,1-3H3/t34-,41+/m1/s1. The van der Waals surface area contributed by atoms with Crippen LogP contribution in [0.25, 0.3) is 0 Å². The summed E-state index contributed by atoms with van der Waals surface area (Å²) in [6.07, 6.45) is 14.9. The molecule has 3 aromatic rings. The molecule has 5 heteroatoms. The third-order valence-electron chi connectivity index (χ3n) is 8.83. The first kappa shape index (κ1) is 31.1. The minimum Gasteiger partial charge on any atom is -0.242 e. The molecule has 2 saturated carbocycles. The van der Waals surface area contributed by atoms with Crippen LogP contribution in [0.2, 0.25) is 0 Å². The minimum atomic E-state index is -1.16. The van der Waals surface area contributed by atoms with E-state index in [0.717, 1.165) is 17.5 Å². The number of benzene rings is 3. The molecule has 5 rings (SSSR count). The molecule has 2 nitrogen and oxygen atoms in total. The van der Waals surface area contributed by atoms with E-state index in [0.29, 0.717) is 0 Å². The molecular formula is C36H49NOP2S. The highest BCUT2D eigenvalue weighted by Gasteiger charge is 2.36. The molecule has 3 aromatic carbocycles. The normalized spacial score (nSPS) is 19.0. The van der Waals surface area contributed by atoms with Crippen molar-refractivity contribution in [3.63, 3.8) is 0 Å². The number of rotatable bonds is 10. The van der Waals surface area contributed by atoms with E-state index in [1.165, 1.54) is 80.4 Å². The molecule has 0 bridgehead atoms. The van der Waals surface area contributed by atoms with Gasteiger partial charge in [0, 0.05) is 6.04 Å². The van der Waals surface area contributed by atoms with Crippen LogP contribution in [0.15, 0.2) is 84.9 Å². The van der Waals surface area contributed by atoms with Crippen LogP contribution < -0.4 is 20.6 Å². The number of hydrogen-bond donors (Lipinski definition) is 1. The maximum atomic E-state index is 13.8. The van der Waals surface area contributed by atoms with Gasteiger partial charge in [0.2, 0.25) is 0 Å². The number of nitrogens with one attached hydrogen (secondary N) is 1. The average molecular weight is 606 g/mol. The first-order chi connectivity index (χ1) is 19.9. The molecule has 0 radical (unpaired) electrons. The van der Waals surface area contributed by atoms with Crippen LogP contribution in [-0.4, -0.2) is 26.4 Å². The largest absolute Gasteiger partial charge is 0.242 e. The molecule has 2 fully saturated rings. The second kappa shape index (κ2) is 14.9. The molecule has 0 aromatic heterocycles. The summed E-state index contributed by atoms with van der Waals surface area (Å²) in [5.74, 6) is 0. The second-order valence-electron chi connectivity index (χ2n) is 12.9. The van der Waals surface area contributed by atoms with Crippen molar-refractivity contribution in [2.75, 3.05) is 6.16 Å². The summed E-state index contributed by atoms with van der Waals surface area (Å²) in [5.41, 5.74) is 3.09. The fourth-order valence-electron chi connectivity index (χ4n) is 6.69. The van der Waals surface area contributed by atoms with Gasteiger partial charge in [0.25, 0.3) is 0 Å². The lowest BCUT2D eigenvalue weighted by Gasteiger charge is -2.40. The van der Waals surface area contributed by atoms with Crippen LogP contribution in [0, 0.1) is 0 Å². The first-order valence-corrected chi connectivity index (χ1v) is 20.0. The molecule has 2 aliphatic rings. The van der Waals surface area contributed by atoms with Gasteiger partial charge in [0.15, 0.2) is 0 Å². The Morgan fingerprint density at radius 2 is 1.17 bits per heavy atom. The highest BCUT2D eigenvalue weighted by Crippen LogP contribution is 2.56. The second-order valence-corrected chi connectivity index (χ2v) is 19.9. The predicted molar refractivity (Wildman–Crippen MR) is 184 cm³/mol. The summed E-state index contributed by atoms with van der Waals surface area (Å²) in [6.45, 7) is 6.27. The summed E-state index contributed by atoms with van der Waals surface area (Å²) in [5, 5.41) is 4.39. The molecule has 0 amide bonds. The Bertz CT molecular complexity index is 1180. The Kier molecular flexibility index (Phi) is 11.3. The van der Waals surface area contributed by atoms with E-state index in [4.69, 9.17) is 0 Å². The van der Waals surface area contributed by atoms with Crippen LogP contribution in [-0.2, 0) is 11.0 Å². The molecule has 2 atom stereocenters. The molecule has 0 saturated heterocycles. The van der Waals surface area contributed by atoms with Crippen molar-refractivity contribution in [1.29, 1.82) is 0 Å². The molecule has 2 aliphatic carbocycles. The van der Waals surface area contributed by atoms with Gasteiger partial charge < -0.3 is 0 Å². The van der Waals surface area contributed by atoms with E-state index in [1.54, 1.807) is 5.30 Å². The lowest BCUT2D eigenvalue weighted by Crippen LogP contribution is -2.39. The molecule has 0 heterocycles. The zero-order valence-electron chi connectivity index (χ0n) is 25.3. The Morgan fingerprint density at radius 3 is 1.66 bits per heavy atom. The van der Waals surface area contributed by atoms with Crippen molar-refractivity contribution in [3.8, 4) is 0 Å². The van der Waals surface area contributed by atoms with Crippen LogP contribution in [0.4, 0.5) is 0 Å². The third kappa shape index (κ3) is 8.17. The molecule has 41 heavy (non-hydrogen) atoms. The Hall–Kier alpha value is -1.37. The van der Waals surface area contributed by atoms with E-state index in [1.807, 2.05) is 0 Å². The summed E-state index contributed by atoms with van der Waals surface area (Å²) in [6, 6.07) is 31.5. The SMILES string of the molecule is CC(C)(C)[S@](=O)N[C@H](CP(c1ccccc1)c1ccccc1)c1ccccc1P(C1CCCCC1)C1CCCCC1. The zero-order chi connectivity index (χ0) is 28.7. The van der Waals surface area contributed by atoms with Crippen molar-refractivity contribution < 1.29 is 4.21 Å². The van der Waals surface area contributed by atoms with Crippen LogP contribution >= 0.6 is 15.8 Å². The highest BCUT2D eigenvalue weighted by atomic mass is 32.2. The maximum Gasteiger partial charge on any atom is 0.0976 e. The summed E-state index contributed by atoms with van der Waals surface area (Å²) < 4.78 is 17.2. The average Bonchev–Trinajstić information content (AvgIpc) is 3.01. The van der Waals surface area contributed by atoms with E-state index in [2.05, 4.69) is 110 Å². The molecule has 1 N–H and O–H groups in total.